The number of piperazine rings is 1. The van der Waals surface area contributed by atoms with Crippen molar-refractivity contribution >= 4 is 22.9 Å². The Kier molecular flexibility index (Phi) is 5.21. The molecule has 6 nitrogen and oxygen atoms in total. The summed E-state index contributed by atoms with van der Waals surface area (Å²) in [6, 6.07) is 9.95. The van der Waals surface area contributed by atoms with E-state index in [1.165, 1.54) is 0 Å². The van der Waals surface area contributed by atoms with Gasteiger partial charge in [0.2, 0.25) is 5.91 Å². The SMILES string of the molecule is Cc1noc(C)c1CN1CCN(C(=O)C=Cc2cccc3cccnc23)CC1. The van der Waals surface area contributed by atoms with Gasteiger partial charge in [0.25, 0.3) is 0 Å². The Morgan fingerprint density at radius 2 is 1.93 bits per heavy atom. The Balaban J connectivity index is 1.37. The summed E-state index contributed by atoms with van der Waals surface area (Å²) in [4.78, 5) is 21.3. The molecular weight excluding hydrogens is 352 g/mol. The summed E-state index contributed by atoms with van der Waals surface area (Å²) in [6.07, 6.45) is 5.31. The topological polar surface area (TPSA) is 62.5 Å². The average Bonchev–Trinajstić information content (AvgIpc) is 3.04. The lowest BCUT2D eigenvalue weighted by molar-refractivity contribution is -0.127. The predicted molar refractivity (Wildman–Crippen MR) is 109 cm³/mol. The molecule has 3 aromatic rings. The lowest BCUT2D eigenvalue weighted by atomic mass is 10.1. The summed E-state index contributed by atoms with van der Waals surface area (Å²) in [5.41, 5.74) is 3.98. The van der Waals surface area contributed by atoms with Crippen LogP contribution in [0.5, 0.6) is 0 Å². The Labute approximate surface area is 164 Å². The quantitative estimate of drug-likeness (QED) is 0.655. The number of pyridine rings is 1. The van der Waals surface area contributed by atoms with Gasteiger partial charge in [-0.2, -0.15) is 0 Å². The monoisotopic (exact) mass is 376 g/mol. The molecule has 6 heteroatoms. The smallest absolute Gasteiger partial charge is 0.246 e. The molecule has 0 atom stereocenters. The van der Waals surface area contributed by atoms with Gasteiger partial charge in [0.1, 0.15) is 5.76 Å². The van der Waals surface area contributed by atoms with Gasteiger partial charge in [0.15, 0.2) is 0 Å². The number of carbonyl (C=O) groups excluding carboxylic acids is 1. The fourth-order valence-corrected chi connectivity index (χ4v) is 3.61. The van der Waals surface area contributed by atoms with Crippen molar-refractivity contribution < 1.29 is 9.32 Å². The summed E-state index contributed by atoms with van der Waals surface area (Å²) >= 11 is 0. The molecule has 4 rings (SSSR count). The first-order valence-corrected chi connectivity index (χ1v) is 9.56. The van der Waals surface area contributed by atoms with Crippen molar-refractivity contribution in [2.75, 3.05) is 26.2 Å². The van der Waals surface area contributed by atoms with Crippen molar-refractivity contribution in [3.8, 4) is 0 Å². The van der Waals surface area contributed by atoms with E-state index in [0.29, 0.717) is 0 Å². The van der Waals surface area contributed by atoms with E-state index in [1.807, 2.05) is 55.2 Å². The molecule has 1 aliphatic heterocycles. The highest BCUT2D eigenvalue weighted by atomic mass is 16.5. The highest BCUT2D eigenvalue weighted by Gasteiger charge is 2.21. The zero-order chi connectivity index (χ0) is 19.5. The van der Waals surface area contributed by atoms with Crippen LogP contribution in [0.25, 0.3) is 17.0 Å². The molecule has 1 saturated heterocycles. The van der Waals surface area contributed by atoms with E-state index in [2.05, 4.69) is 15.0 Å². The fraction of sp³-hybridized carbons (Fsp3) is 0.318. The van der Waals surface area contributed by atoms with Gasteiger partial charge in [-0.1, -0.05) is 29.4 Å². The van der Waals surface area contributed by atoms with E-state index in [0.717, 1.165) is 66.2 Å². The van der Waals surface area contributed by atoms with E-state index in [-0.39, 0.29) is 5.91 Å². The third kappa shape index (κ3) is 3.82. The van der Waals surface area contributed by atoms with Crippen LogP contribution in [-0.4, -0.2) is 52.0 Å². The molecule has 0 N–H and O–H groups in total. The standard InChI is InChI=1S/C22H24N4O2/c1-16-20(17(2)28-24-16)15-25-11-13-26(14-12-25)21(27)9-8-19-6-3-5-18-7-4-10-23-22(18)19/h3-10H,11-15H2,1-2H3. The largest absolute Gasteiger partial charge is 0.361 e. The molecule has 144 valence electrons. The minimum absolute atomic E-state index is 0.0462. The maximum absolute atomic E-state index is 12.6. The molecule has 0 aliphatic carbocycles. The summed E-state index contributed by atoms with van der Waals surface area (Å²) in [6.45, 7) is 7.88. The number of aryl methyl sites for hydroxylation is 2. The Morgan fingerprint density at radius 3 is 2.68 bits per heavy atom. The third-order valence-corrected chi connectivity index (χ3v) is 5.32. The van der Waals surface area contributed by atoms with Crippen molar-refractivity contribution in [2.45, 2.75) is 20.4 Å². The van der Waals surface area contributed by atoms with E-state index < -0.39 is 0 Å². The molecule has 3 heterocycles. The first kappa shape index (κ1) is 18.4. The molecule has 0 saturated carbocycles. The summed E-state index contributed by atoms with van der Waals surface area (Å²) in [7, 11) is 0. The molecule has 1 fully saturated rings. The highest BCUT2D eigenvalue weighted by Crippen LogP contribution is 2.18. The molecule has 0 spiro atoms. The van der Waals surface area contributed by atoms with Crippen LogP contribution in [0.1, 0.15) is 22.6 Å². The molecular formula is C22H24N4O2. The number of nitrogens with zero attached hydrogens (tertiary/aromatic N) is 4. The minimum atomic E-state index is 0.0462. The number of amides is 1. The van der Waals surface area contributed by atoms with Gasteiger partial charge >= 0.3 is 0 Å². The first-order chi connectivity index (χ1) is 13.6. The second kappa shape index (κ2) is 7.94. The minimum Gasteiger partial charge on any atom is -0.361 e. The number of para-hydroxylation sites is 1. The summed E-state index contributed by atoms with van der Waals surface area (Å²) in [5, 5.41) is 5.09. The van der Waals surface area contributed by atoms with Gasteiger partial charge < -0.3 is 9.42 Å². The van der Waals surface area contributed by atoms with E-state index >= 15 is 0 Å². The maximum Gasteiger partial charge on any atom is 0.246 e. The second-order valence-corrected chi connectivity index (χ2v) is 7.16. The number of hydrogen-bond donors (Lipinski definition) is 0. The van der Waals surface area contributed by atoms with Gasteiger partial charge in [-0.25, -0.2) is 0 Å². The van der Waals surface area contributed by atoms with Crippen LogP contribution < -0.4 is 0 Å². The normalized spacial score (nSPS) is 15.6. The van der Waals surface area contributed by atoms with Crippen molar-refractivity contribution in [3.05, 3.63) is 65.2 Å². The van der Waals surface area contributed by atoms with E-state index in [4.69, 9.17) is 4.52 Å². The van der Waals surface area contributed by atoms with Crippen LogP contribution in [0.3, 0.4) is 0 Å². The number of hydrogen-bond acceptors (Lipinski definition) is 5. The van der Waals surface area contributed by atoms with E-state index in [1.54, 1.807) is 12.3 Å². The second-order valence-electron chi connectivity index (χ2n) is 7.16. The van der Waals surface area contributed by atoms with Gasteiger partial charge in [0.05, 0.1) is 11.2 Å². The number of rotatable bonds is 4. The lowest BCUT2D eigenvalue weighted by Gasteiger charge is -2.34. The molecule has 1 aromatic carbocycles. The van der Waals surface area contributed by atoms with Crippen LogP contribution in [0.2, 0.25) is 0 Å². The number of carbonyl (C=O) groups is 1. The van der Waals surface area contributed by atoms with Gasteiger partial charge in [0, 0.05) is 61.5 Å². The molecule has 1 amide bonds. The highest BCUT2D eigenvalue weighted by molar-refractivity contribution is 5.95. The maximum atomic E-state index is 12.6. The molecule has 0 radical (unpaired) electrons. The van der Waals surface area contributed by atoms with Crippen LogP contribution in [0, 0.1) is 13.8 Å². The van der Waals surface area contributed by atoms with Gasteiger partial charge in [-0.15, -0.1) is 0 Å². The summed E-state index contributed by atoms with van der Waals surface area (Å²) in [5.74, 6) is 0.924. The zero-order valence-corrected chi connectivity index (χ0v) is 16.3. The average molecular weight is 376 g/mol. The molecule has 2 aromatic heterocycles. The molecule has 0 unspecified atom stereocenters. The Morgan fingerprint density at radius 1 is 1.14 bits per heavy atom. The van der Waals surface area contributed by atoms with Gasteiger partial charge in [-0.3, -0.25) is 14.7 Å². The van der Waals surface area contributed by atoms with Crippen molar-refractivity contribution in [1.82, 2.24) is 19.9 Å². The van der Waals surface area contributed by atoms with Crippen molar-refractivity contribution in [1.29, 1.82) is 0 Å². The fourth-order valence-electron chi connectivity index (χ4n) is 3.61. The molecule has 28 heavy (non-hydrogen) atoms. The van der Waals surface area contributed by atoms with Crippen LogP contribution in [-0.2, 0) is 11.3 Å². The molecule has 1 aliphatic rings. The molecule has 0 bridgehead atoms. The number of aromatic nitrogens is 2. The number of fused-ring (bicyclic) bond motifs is 1. The van der Waals surface area contributed by atoms with Crippen LogP contribution >= 0.6 is 0 Å². The van der Waals surface area contributed by atoms with Gasteiger partial charge in [-0.05, 0) is 26.0 Å². The lowest BCUT2D eigenvalue weighted by Crippen LogP contribution is -2.47. The van der Waals surface area contributed by atoms with Crippen LogP contribution in [0.4, 0.5) is 0 Å². The van der Waals surface area contributed by atoms with E-state index in [9.17, 15) is 4.79 Å². The summed E-state index contributed by atoms with van der Waals surface area (Å²) < 4.78 is 5.25. The zero-order valence-electron chi connectivity index (χ0n) is 16.3. The Bertz CT molecular complexity index is 992. The predicted octanol–water partition coefficient (Wildman–Crippen LogP) is 3.20. The van der Waals surface area contributed by atoms with Crippen molar-refractivity contribution in [3.63, 3.8) is 0 Å². The third-order valence-electron chi connectivity index (χ3n) is 5.32. The van der Waals surface area contributed by atoms with Crippen LogP contribution in [0.15, 0.2) is 47.1 Å². The Hall–Kier alpha value is -2.99. The first-order valence-electron chi connectivity index (χ1n) is 9.56. The number of benzene rings is 1. The van der Waals surface area contributed by atoms with Crippen molar-refractivity contribution in [2.24, 2.45) is 0 Å².